The lowest BCUT2D eigenvalue weighted by atomic mass is 9.74. The number of fused-ring (bicyclic) bond motifs is 1. The lowest BCUT2D eigenvalue weighted by Gasteiger charge is -2.57. The maximum Gasteiger partial charge on any atom is 0.321 e. The second-order valence-corrected chi connectivity index (χ2v) is 10.7. The number of methoxy groups -OCH3 is 1. The van der Waals surface area contributed by atoms with Gasteiger partial charge in [-0.05, 0) is 78.5 Å². The number of carbonyl (C=O) groups is 1. The van der Waals surface area contributed by atoms with E-state index in [0.29, 0.717) is 6.54 Å². The molecule has 2 aliphatic heterocycles. The number of benzene rings is 3. The van der Waals surface area contributed by atoms with Crippen molar-refractivity contribution in [2.24, 2.45) is 0 Å². The lowest BCUT2D eigenvalue weighted by Crippen LogP contribution is -2.68. The van der Waals surface area contributed by atoms with Gasteiger partial charge in [0.1, 0.15) is 5.75 Å². The average Bonchev–Trinajstić information content (AvgIpc) is 3.48. The van der Waals surface area contributed by atoms with Crippen LogP contribution >= 0.6 is 0 Å². The van der Waals surface area contributed by atoms with Crippen LogP contribution in [0, 0.1) is 0 Å². The summed E-state index contributed by atoms with van der Waals surface area (Å²) in [5.41, 5.74) is 5.42. The number of anilines is 1. The number of para-hydroxylation sites is 1. The number of carbonyl (C=O) groups excluding carboxylic acids is 1. The van der Waals surface area contributed by atoms with E-state index in [1.165, 1.54) is 5.56 Å². The van der Waals surface area contributed by atoms with Crippen molar-refractivity contribution < 1.29 is 14.6 Å². The number of hydrogen-bond acceptors (Lipinski definition) is 4. The first-order chi connectivity index (χ1) is 19.6. The standard InChI is InChI=1S/C33H36N4O3/c1-40-29-15-13-27(14-16-29)34-33(39)36-18-5-6-19-37-30(22-36)32(31(37)23-38)25-11-9-24(10-12-25)26-17-20-35(21-26)28-7-3-2-4-8-28/h2-4,7-17,20-21,30-32,38H,5-6,18-19,22-23H2,1H3,(H,34,39). The number of ether oxygens (including phenoxy) is 1. The molecule has 7 heteroatoms. The second kappa shape index (κ2) is 11.6. The number of rotatable bonds is 6. The van der Waals surface area contributed by atoms with E-state index in [-0.39, 0.29) is 30.6 Å². The number of amides is 2. The summed E-state index contributed by atoms with van der Waals surface area (Å²) >= 11 is 0. The Morgan fingerprint density at radius 1 is 0.925 bits per heavy atom. The first-order valence-corrected chi connectivity index (χ1v) is 14.0. The molecule has 6 rings (SSSR count). The predicted octanol–water partition coefficient (Wildman–Crippen LogP) is 5.61. The van der Waals surface area contributed by atoms with Gasteiger partial charge >= 0.3 is 6.03 Å². The maximum atomic E-state index is 13.3. The number of urea groups is 1. The van der Waals surface area contributed by atoms with Gasteiger partial charge in [-0.15, -0.1) is 0 Å². The maximum absolute atomic E-state index is 13.3. The van der Waals surface area contributed by atoms with E-state index in [4.69, 9.17) is 4.74 Å². The van der Waals surface area contributed by atoms with E-state index in [9.17, 15) is 9.90 Å². The number of aromatic nitrogens is 1. The topological polar surface area (TPSA) is 70.0 Å². The Kier molecular flexibility index (Phi) is 7.58. The minimum atomic E-state index is -0.0866. The molecule has 40 heavy (non-hydrogen) atoms. The van der Waals surface area contributed by atoms with Gasteiger partial charge in [0.15, 0.2) is 0 Å². The third-order valence-corrected chi connectivity index (χ3v) is 8.37. The summed E-state index contributed by atoms with van der Waals surface area (Å²) in [4.78, 5) is 17.6. The van der Waals surface area contributed by atoms with Crippen molar-refractivity contribution in [3.8, 4) is 22.6 Å². The largest absolute Gasteiger partial charge is 0.497 e. The highest BCUT2D eigenvalue weighted by Crippen LogP contribution is 2.42. The zero-order valence-corrected chi connectivity index (χ0v) is 22.8. The molecule has 2 fully saturated rings. The Balaban J connectivity index is 1.18. The smallest absolute Gasteiger partial charge is 0.321 e. The fourth-order valence-electron chi connectivity index (χ4n) is 6.23. The summed E-state index contributed by atoms with van der Waals surface area (Å²) < 4.78 is 7.36. The van der Waals surface area contributed by atoms with Crippen LogP contribution in [0.5, 0.6) is 5.75 Å². The SMILES string of the molecule is COc1ccc(NC(=O)N2CCCCN3C(CO)C(c4ccc(-c5ccn(-c6ccccc6)c5)cc4)C3C2)cc1. The minimum Gasteiger partial charge on any atom is -0.497 e. The first kappa shape index (κ1) is 26.2. The van der Waals surface area contributed by atoms with Gasteiger partial charge in [0.2, 0.25) is 0 Å². The number of hydrogen-bond donors (Lipinski definition) is 2. The van der Waals surface area contributed by atoms with Gasteiger partial charge in [-0.1, -0.05) is 42.5 Å². The molecule has 2 aliphatic rings. The first-order valence-electron chi connectivity index (χ1n) is 14.0. The molecule has 3 heterocycles. The summed E-state index contributed by atoms with van der Waals surface area (Å²) in [6.45, 7) is 2.41. The molecular weight excluding hydrogens is 500 g/mol. The molecular formula is C33H36N4O3. The molecule has 4 aromatic rings. The van der Waals surface area contributed by atoms with Gasteiger partial charge in [-0.3, -0.25) is 4.90 Å². The molecule has 206 valence electrons. The van der Waals surface area contributed by atoms with Crippen molar-refractivity contribution in [1.82, 2.24) is 14.4 Å². The van der Waals surface area contributed by atoms with Crippen LogP contribution in [-0.2, 0) is 0 Å². The molecule has 0 aliphatic carbocycles. The zero-order chi connectivity index (χ0) is 27.5. The minimum absolute atomic E-state index is 0.0691. The molecule has 2 saturated heterocycles. The fraction of sp³-hybridized carbons (Fsp3) is 0.303. The van der Waals surface area contributed by atoms with Crippen LogP contribution in [0.2, 0.25) is 0 Å². The summed E-state index contributed by atoms with van der Waals surface area (Å²) in [5, 5.41) is 13.4. The predicted molar refractivity (Wildman–Crippen MR) is 158 cm³/mol. The highest BCUT2D eigenvalue weighted by molar-refractivity contribution is 5.89. The summed E-state index contributed by atoms with van der Waals surface area (Å²) in [6.07, 6.45) is 6.19. The van der Waals surface area contributed by atoms with E-state index in [2.05, 4.69) is 69.6 Å². The van der Waals surface area contributed by atoms with Crippen molar-refractivity contribution in [3.63, 3.8) is 0 Å². The lowest BCUT2D eigenvalue weighted by molar-refractivity contribution is -0.0585. The Hall–Kier alpha value is -4.07. The number of nitrogens with zero attached hydrogens (tertiary/aromatic N) is 3. The third-order valence-electron chi connectivity index (χ3n) is 8.37. The van der Waals surface area contributed by atoms with Gasteiger partial charge in [0.05, 0.1) is 13.7 Å². The van der Waals surface area contributed by atoms with Gasteiger partial charge in [0.25, 0.3) is 0 Å². The molecule has 2 N–H and O–H groups in total. The molecule has 0 saturated carbocycles. The molecule has 3 unspecified atom stereocenters. The molecule has 0 spiro atoms. The molecule has 3 atom stereocenters. The summed E-state index contributed by atoms with van der Waals surface area (Å²) in [6, 6.07) is 28.7. The number of nitrogens with one attached hydrogen (secondary N) is 1. The van der Waals surface area contributed by atoms with E-state index in [0.717, 1.165) is 54.2 Å². The second-order valence-electron chi connectivity index (χ2n) is 10.7. The van der Waals surface area contributed by atoms with Crippen LogP contribution in [0.15, 0.2) is 97.3 Å². The quantitative estimate of drug-likeness (QED) is 0.336. The van der Waals surface area contributed by atoms with E-state index < -0.39 is 0 Å². The van der Waals surface area contributed by atoms with Gasteiger partial charge in [-0.2, -0.15) is 0 Å². The monoisotopic (exact) mass is 536 g/mol. The van der Waals surface area contributed by atoms with E-state index in [1.54, 1.807) is 7.11 Å². The van der Waals surface area contributed by atoms with Crippen LogP contribution in [-0.4, -0.2) is 70.9 Å². The molecule has 1 aromatic heterocycles. The Morgan fingerprint density at radius 3 is 2.40 bits per heavy atom. The Labute approximate surface area is 235 Å². The molecule has 3 aromatic carbocycles. The van der Waals surface area contributed by atoms with Crippen molar-refractivity contribution in [1.29, 1.82) is 0 Å². The zero-order valence-electron chi connectivity index (χ0n) is 22.8. The van der Waals surface area contributed by atoms with Crippen LogP contribution in [0.1, 0.15) is 24.3 Å². The number of aliphatic hydroxyl groups excluding tert-OH is 1. The van der Waals surface area contributed by atoms with Gasteiger partial charge in [0, 0.05) is 54.9 Å². The van der Waals surface area contributed by atoms with Crippen LogP contribution in [0.4, 0.5) is 10.5 Å². The van der Waals surface area contributed by atoms with Gasteiger partial charge < -0.3 is 24.6 Å². The molecule has 2 amide bonds. The van der Waals surface area contributed by atoms with Crippen molar-refractivity contribution in [2.45, 2.75) is 30.8 Å². The molecule has 7 nitrogen and oxygen atoms in total. The van der Waals surface area contributed by atoms with Gasteiger partial charge in [-0.25, -0.2) is 4.79 Å². The average molecular weight is 537 g/mol. The van der Waals surface area contributed by atoms with Crippen molar-refractivity contribution >= 4 is 11.7 Å². The van der Waals surface area contributed by atoms with E-state index >= 15 is 0 Å². The van der Waals surface area contributed by atoms with Crippen LogP contribution < -0.4 is 10.1 Å². The van der Waals surface area contributed by atoms with Crippen LogP contribution in [0.25, 0.3) is 16.8 Å². The highest BCUT2D eigenvalue weighted by atomic mass is 16.5. The van der Waals surface area contributed by atoms with Crippen molar-refractivity contribution in [2.75, 3.05) is 38.7 Å². The summed E-state index contributed by atoms with van der Waals surface area (Å²) in [5.74, 6) is 0.925. The van der Waals surface area contributed by atoms with Crippen molar-refractivity contribution in [3.05, 3.63) is 103 Å². The van der Waals surface area contributed by atoms with Crippen LogP contribution in [0.3, 0.4) is 0 Å². The highest BCUT2D eigenvalue weighted by Gasteiger charge is 2.49. The Bertz CT molecular complexity index is 1420. The molecule has 0 bridgehead atoms. The Morgan fingerprint density at radius 2 is 1.68 bits per heavy atom. The normalized spacial score (nSPS) is 21.1. The molecule has 0 radical (unpaired) electrons. The number of aliphatic hydroxyl groups is 1. The van der Waals surface area contributed by atoms with E-state index in [1.807, 2.05) is 47.4 Å². The summed E-state index contributed by atoms with van der Waals surface area (Å²) in [7, 11) is 1.63. The fourth-order valence-corrected chi connectivity index (χ4v) is 6.23. The third kappa shape index (κ3) is 5.22.